The van der Waals surface area contributed by atoms with Crippen LogP contribution in [0, 0.1) is 0 Å². The summed E-state index contributed by atoms with van der Waals surface area (Å²) >= 11 is 0. The molecule has 0 spiro atoms. The molecule has 0 radical (unpaired) electrons. The van der Waals surface area contributed by atoms with E-state index in [0.717, 1.165) is 6.42 Å². The second kappa shape index (κ2) is 7.15. The fourth-order valence-corrected chi connectivity index (χ4v) is 2.94. The van der Waals surface area contributed by atoms with Gasteiger partial charge in [-0.25, -0.2) is 9.78 Å². The van der Waals surface area contributed by atoms with Gasteiger partial charge in [0.15, 0.2) is 5.82 Å². The summed E-state index contributed by atoms with van der Waals surface area (Å²) in [4.78, 5) is 30.2. The summed E-state index contributed by atoms with van der Waals surface area (Å²) in [6.45, 7) is 7.08. The lowest BCUT2D eigenvalue weighted by atomic mass is 9.87. The fourth-order valence-electron chi connectivity index (χ4n) is 2.94. The van der Waals surface area contributed by atoms with E-state index < -0.39 is 0 Å². The van der Waals surface area contributed by atoms with Crippen LogP contribution in [-0.4, -0.2) is 23.5 Å². The van der Waals surface area contributed by atoms with Gasteiger partial charge in [-0.1, -0.05) is 32.9 Å². The normalized spacial score (nSPS) is 14.4. The van der Waals surface area contributed by atoms with Crippen LogP contribution in [0.4, 0.5) is 22.0 Å². The van der Waals surface area contributed by atoms with E-state index in [1.807, 2.05) is 24.3 Å². The van der Waals surface area contributed by atoms with Crippen molar-refractivity contribution in [2.45, 2.75) is 39.0 Å². The summed E-state index contributed by atoms with van der Waals surface area (Å²) in [5.41, 5.74) is 2.59. The van der Waals surface area contributed by atoms with Crippen molar-refractivity contribution in [3.8, 4) is 0 Å². The Labute approximate surface area is 153 Å². The molecule has 1 fully saturated rings. The summed E-state index contributed by atoms with van der Waals surface area (Å²) in [6, 6.07) is 10.9. The Balaban J connectivity index is 1.70. The van der Waals surface area contributed by atoms with Crippen LogP contribution in [0.5, 0.6) is 0 Å². The molecular weight excluding hydrogens is 328 g/mol. The summed E-state index contributed by atoms with van der Waals surface area (Å²) in [5.74, 6) is 0.436. The Morgan fingerprint density at radius 1 is 1.12 bits per heavy atom. The van der Waals surface area contributed by atoms with Crippen molar-refractivity contribution < 1.29 is 9.59 Å². The molecule has 2 aromatic rings. The first-order valence-electron chi connectivity index (χ1n) is 8.78. The topological polar surface area (TPSA) is 74.3 Å². The first-order valence-corrected chi connectivity index (χ1v) is 8.78. The molecule has 3 amide bonds. The highest BCUT2D eigenvalue weighted by Crippen LogP contribution is 2.28. The van der Waals surface area contributed by atoms with Gasteiger partial charge in [0.25, 0.3) is 0 Å². The Bertz CT molecular complexity index is 809. The molecule has 0 aliphatic carbocycles. The van der Waals surface area contributed by atoms with Crippen molar-refractivity contribution in [2.24, 2.45) is 0 Å². The molecule has 6 heteroatoms. The number of anilines is 3. The minimum atomic E-state index is -0.389. The molecule has 26 heavy (non-hydrogen) atoms. The smallest absolute Gasteiger partial charge is 0.309 e. The predicted octanol–water partition coefficient (Wildman–Crippen LogP) is 4.15. The lowest BCUT2D eigenvalue weighted by Gasteiger charge is -2.20. The quantitative estimate of drug-likeness (QED) is 0.871. The molecule has 136 valence electrons. The predicted molar refractivity (Wildman–Crippen MR) is 104 cm³/mol. The molecule has 1 aliphatic heterocycles. The monoisotopic (exact) mass is 352 g/mol. The van der Waals surface area contributed by atoms with Crippen LogP contribution in [-0.2, 0) is 10.2 Å². The molecule has 0 unspecified atom stereocenters. The number of carbonyl (C=O) groups excluding carboxylic acids is 2. The fraction of sp³-hybridized carbons (Fsp3) is 0.350. The number of amides is 3. The second-order valence-electron chi connectivity index (χ2n) is 7.43. The molecule has 1 aromatic carbocycles. The van der Waals surface area contributed by atoms with E-state index in [4.69, 9.17) is 0 Å². The number of rotatable bonds is 3. The van der Waals surface area contributed by atoms with E-state index in [0.29, 0.717) is 30.2 Å². The first kappa shape index (κ1) is 17.9. The maximum atomic E-state index is 12.3. The van der Waals surface area contributed by atoms with Crippen molar-refractivity contribution in [3.63, 3.8) is 0 Å². The number of urea groups is 1. The molecule has 0 atom stereocenters. The van der Waals surface area contributed by atoms with Crippen LogP contribution >= 0.6 is 0 Å². The third-order valence-electron chi connectivity index (χ3n) is 4.39. The van der Waals surface area contributed by atoms with Crippen LogP contribution < -0.4 is 15.5 Å². The van der Waals surface area contributed by atoms with E-state index in [-0.39, 0.29) is 17.4 Å². The van der Waals surface area contributed by atoms with E-state index in [9.17, 15) is 9.59 Å². The second-order valence-corrected chi connectivity index (χ2v) is 7.43. The minimum Gasteiger partial charge on any atom is -0.309 e. The molecule has 1 aliphatic rings. The van der Waals surface area contributed by atoms with E-state index in [2.05, 4.69) is 36.4 Å². The number of benzene rings is 1. The number of nitrogens with zero attached hydrogens (tertiary/aromatic N) is 2. The van der Waals surface area contributed by atoms with Crippen LogP contribution in [0.2, 0.25) is 0 Å². The average molecular weight is 352 g/mol. The van der Waals surface area contributed by atoms with Crippen LogP contribution in [0.3, 0.4) is 0 Å². The number of hydrogen-bond donors (Lipinski definition) is 2. The van der Waals surface area contributed by atoms with E-state index in [1.54, 1.807) is 23.2 Å². The minimum absolute atomic E-state index is 0.0548. The first-order chi connectivity index (χ1) is 12.3. The summed E-state index contributed by atoms with van der Waals surface area (Å²) in [7, 11) is 0. The van der Waals surface area contributed by atoms with Crippen molar-refractivity contribution in [1.29, 1.82) is 0 Å². The van der Waals surface area contributed by atoms with Gasteiger partial charge < -0.3 is 10.2 Å². The Hall–Kier alpha value is -2.89. The Morgan fingerprint density at radius 3 is 2.46 bits per heavy atom. The lowest BCUT2D eigenvalue weighted by Crippen LogP contribution is -2.27. The maximum Gasteiger partial charge on any atom is 0.324 e. The molecule has 2 N–H and O–H groups in total. The number of carbonyl (C=O) groups is 2. The molecule has 0 saturated carbocycles. The van der Waals surface area contributed by atoms with Crippen LogP contribution in [0.15, 0.2) is 42.6 Å². The zero-order chi connectivity index (χ0) is 18.7. The third-order valence-corrected chi connectivity index (χ3v) is 4.39. The highest BCUT2D eigenvalue weighted by Gasteiger charge is 2.24. The number of hydrogen-bond acceptors (Lipinski definition) is 3. The molecule has 0 bridgehead atoms. The molecular formula is C20H24N4O2. The van der Waals surface area contributed by atoms with Gasteiger partial charge in [0.2, 0.25) is 5.91 Å². The number of nitrogens with one attached hydrogen (secondary N) is 2. The molecule has 2 heterocycles. The van der Waals surface area contributed by atoms with E-state index in [1.165, 1.54) is 5.56 Å². The van der Waals surface area contributed by atoms with Gasteiger partial charge in [0, 0.05) is 24.8 Å². The SMILES string of the molecule is CC(C)(C)c1ccc(NC(=O)Nc2ncccc2N2CCCC2=O)cc1. The number of pyridine rings is 1. The Kier molecular flexibility index (Phi) is 4.93. The summed E-state index contributed by atoms with van der Waals surface area (Å²) < 4.78 is 0. The highest BCUT2D eigenvalue weighted by atomic mass is 16.2. The zero-order valence-electron chi connectivity index (χ0n) is 15.4. The summed E-state index contributed by atoms with van der Waals surface area (Å²) in [5, 5.41) is 5.55. The van der Waals surface area contributed by atoms with Crippen molar-refractivity contribution >= 4 is 29.1 Å². The summed E-state index contributed by atoms with van der Waals surface area (Å²) in [6.07, 6.45) is 2.94. The van der Waals surface area contributed by atoms with Crippen LogP contribution in [0.1, 0.15) is 39.2 Å². The molecule has 1 saturated heterocycles. The van der Waals surface area contributed by atoms with Crippen molar-refractivity contribution in [3.05, 3.63) is 48.2 Å². The van der Waals surface area contributed by atoms with Gasteiger partial charge in [0.05, 0.1) is 5.69 Å². The molecule has 1 aromatic heterocycles. The van der Waals surface area contributed by atoms with Crippen molar-refractivity contribution in [2.75, 3.05) is 22.1 Å². The van der Waals surface area contributed by atoms with Gasteiger partial charge >= 0.3 is 6.03 Å². The number of aromatic nitrogens is 1. The lowest BCUT2D eigenvalue weighted by molar-refractivity contribution is -0.117. The Morgan fingerprint density at radius 2 is 1.85 bits per heavy atom. The maximum absolute atomic E-state index is 12.3. The molecule has 6 nitrogen and oxygen atoms in total. The van der Waals surface area contributed by atoms with Crippen molar-refractivity contribution in [1.82, 2.24) is 4.98 Å². The molecule has 3 rings (SSSR count). The van der Waals surface area contributed by atoms with Gasteiger partial charge in [-0.05, 0) is 41.7 Å². The zero-order valence-corrected chi connectivity index (χ0v) is 15.4. The largest absolute Gasteiger partial charge is 0.324 e. The van der Waals surface area contributed by atoms with Crippen LogP contribution in [0.25, 0.3) is 0 Å². The highest BCUT2D eigenvalue weighted by molar-refractivity contribution is 6.04. The standard InChI is InChI=1S/C20H24N4O2/c1-20(2,3)14-8-10-15(11-9-14)22-19(26)23-18-16(6-4-12-21-18)24-13-5-7-17(24)25/h4,6,8-12H,5,7,13H2,1-3H3,(H2,21,22,23,26). The van der Waals surface area contributed by atoms with E-state index >= 15 is 0 Å². The van der Waals surface area contributed by atoms with Gasteiger partial charge in [-0.3, -0.25) is 10.1 Å². The average Bonchev–Trinajstić information content (AvgIpc) is 3.01. The van der Waals surface area contributed by atoms with Gasteiger partial charge in [0.1, 0.15) is 0 Å². The van der Waals surface area contributed by atoms with Gasteiger partial charge in [-0.15, -0.1) is 0 Å². The van der Waals surface area contributed by atoms with Gasteiger partial charge in [-0.2, -0.15) is 0 Å². The third kappa shape index (κ3) is 4.02.